The predicted octanol–water partition coefficient (Wildman–Crippen LogP) is 2.70. The quantitative estimate of drug-likeness (QED) is 0.404. The van der Waals surface area contributed by atoms with Crippen molar-refractivity contribution in [3.8, 4) is 28.6 Å². The van der Waals surface area contributed by atoms with Crippen molar-refractivity contribution in [2.75, 3.05) is 14.2 Å². The van der Waals surface area contributed by atoms with Crippen molar-refractivity contribution in [3.05, 3.63) is 77.3 Å². The summed E-state index contributed by atoms with van der Waals surface area (Å²) in [6, 6.07) is 14.8. The van der Waals surface area contributed by atoms with Gasteiger partial charge in [-0.25, -0.2) is 9.67 Å². The summed E-state index contributed by atoms with van der Waals surface area (Å²) in [6.45, 7) is 0.0732. The molecule has 0 aliphatic rings. The first-order chi connectivity index (χ1) is 15.7. The maximum absolute atomic E-state index is 13.0. The van der Waals surface area contributed by atoms with Gasteiger partial charge in [0.1, 0.15) is 29.8 Å². The van der Waals surface area contributed by atoms with Crippen molar-refractivity contribution in [1.82, 2.24) is 29.5 Å². The predicted molar refractivity (Wildman–Crippen MR) is 115 cm³/mol. The maximum atomic E-state index is 13.0. The molecule has 0 unspecified atom stereocenters. The van der Waals surface area contributed by atoms with Gasteiger partial charge in [-0.2, -0.15) is 10.1 Å². The molecule has 32 heavy (non-hydrogen) atoms. The highest BCUT2D eigenvalue weighted by atomic mass is 16.5. The van der Waals surface area contributed by atoms with Crippen LogP contribution in [0.15, 0.2) is 70.4 Å². The third-order valence-electron chi connectivity index (χ3n) is 4.98. The molecule has 0 atom stereocenters. The van der Waals surface area contributed by atoms with Gasteiger partial charge in [0, 0.05) is 6.07 Å². The molecule has 5 rings (SSSR count). The van der Waals surface area contributed by atoms with Crippen LogP contribution in [0.1, 0.15) is 5.89 Å². The minimum atomic E-state index is -0.251. The van der Waals surface area contributed by atoms with Gasteiger partial charge in [0.05, 0.1) is 31.7 Å². The topological polar surface area (TPSA) is 110 Å². The fourth-order valence-electron chi connectivity index (χ4n) is 3.38. The highest BCUT2D eigenvalue weighted by Crippen LogP contribution is 2.31. The third kappa shape index (κ3) is 3.37. The van der Waals surface area contributed by atoms with E-state index in [0.717, 1.165) is 5.69 Å². The Balaban J connectivity index is 1.46. The summed E-state index contributed by atoms with van der Waals surface area (Å²) in [5, 5.41) is 8.74. The first-order valence-electron chi connectivity index (χ1n) is 9.71. The zero-order chi connectivity index (χ0) is 22.1. The number of fused-ring (bicyclic) bond motifs is 1. The largest absolute Gasteiger partial charge is 0.497 e. The Kier molecular flexibility index (Phi) is 4.86. The molecule has 0 N–H and O–H groups in total. The lowest BCUT2D eigenvalue weighted by atomic mass is 10.2. The molecule has 3 heterocycles. The fraction of sp³-hybridized carbons (Fsp3) is 0.136. The van der Waals surface area contributed by atoms with Gasteiger partial charge in [-0.1, -0.05) is 23.4 Å². The van der Waals surface area contributed by atoms with Crippen LogP contribution in [0.25, 0.3) is 28.1 Å². The van der Waals surface area contributed by atoms with Crippen molar-refractivity contribution in [2.24, 2.45) is 0 Å². The van der Waals surface area contributed by atoms with Gasteiger partial charge in [0.2, 0.25) is 11.7 Å². The van der Waals surface area contributed by atoms with Gasteiger partial charge in [-0.05, 0) is 24.3 Å². The van der Waals surface area contributed by atoms with Gasteiger partial charge in [-0.3, -0.25) is 9.36 Å². The summed E-state index contributed by atoms with van der Waals surface area (Å²) in [5.41, 5.74) is 1.70. The van der Waals surface area contributed by atoms with Crippen LogP contribution in [0.5, 0.6) is 11.5 Å². The standard InChI is InChI=1S/C22H18N6O4/c1-30-15-8-9-16(18(10-15)31-2)20-25-19(32-26-20)12-27-13-23-21-17(22(27)29)11-24-28(21)14-6-4-3-5-7-14/h3-11,13H,12H2,1-2H3. The lowest BCUT2D eigenvalue weighted by Crippen LogP contribution is -2.21. The molecule has 0 aliphatic carbocycles. The van der Waals surface area contributed by atoms with E-state index in [4.69, 9.17) is 14.0 Å². The van der Waals surface area contributed by atoms with Crippen LogP contribution in [0.3, 0.4) is 0 Å². The lowest BCUT2D eigenvalue weighted by Gasteiger charge is -2.07. The van der Waals surface area contributed by atoms with Gasteiger partial charge >= 0.3 is 0 Å². The summed E-state index contributed by atoms with van der Waals surface area (Å²) >= 11 is 0. The number of benzene rings is 2. The van der Waals surface area contributed by atoms with E-state index < -0.39 is 0 Å². The van der Waals surface area contributed by atoms with Gasteiger partial charge in [0.25, 0.3) is 5.56 Å². The molecular weight excluding hydrogens is 412 g/mol. The van der Waals surface area contributed by atoms with Crippen LogP contribution < -0.4 is 15.0 Å². The molecule has 10 nitrogen and oxygen atoms in total. The molecule has 0 bridgehead atoms. The van der Waals surface area contributed by atoms with Crippen molar-refractivity contribution in [2.45, 2.75) is 6.54 Å². The molecule has 0 saturated heterocycles. The van der Waals surface area contributed by atoms with Crippen LogP contribution in [-0.2, 0) is 6.54 Å². The lowest BCUT2D eigenvalue weighted by molar-refractivity contribution is 0.369. The van der Waals surface area contributed by atoms with Crippen LogP contribution in [0, 0.1) is 0 Å². The molecule has 0 aliphatic heterocycles. The van der Waals surface area contributed by atoms with Crippen molar-refractivity contribution < 1.29 is 14.0 Å². The van der Waals surface area contributed by atoms with E-state index in [9.17, 15) is 4.79 Å². The number of ether oxygens (including phenoxy) is 2. The highest BCUT2D eigenvalue weighted by molar-refractivity contribution is 5.74. The van der Waals surface area contributed by atoms with E-state index in [1.54, 1.807) is 37.1 Å². The Morgan fingerprint density at radius 2 is 1.91 bits per heavy atom. The molecule has 10 heteroatoms. The Morgan fingerprint density at radius 3 is 2.69 bits per heavy atom. The maximum Gasteiger partial charge on any atom is 0.264 e. The van der Waals surface area contributed by atoms with E-state index in [1.807, 2.05) is 30.3 Å². The van der Waals surface area contributed by atoms with E-state index in [-0.39, 0.29) is 18.0 Å². The van der Waals surface area contributed by atoms with Gasteiger partial charge in [-0.15, -0.1) is 0 Å². The second kappa shape index (κ2) is 7.99. The number of aromatic nitrogens is 6. The molecule has 160 valence electrons. The minimum absolute atomic E-state index is 0.0732. The zero-order valence-corrected chi connectivity index (χ0v) is 17.3. The van der Waals surface area contributed by atoms with Crippen molar-refractivity contribution in [1.29, 1.82) is 0 Å². The van der Waals surface area contributed by atoms with E-state index in [0.29, 0.717) is 33.9 Å². The van der Waals surface area contributed by atoms with Crippen LogP contribution in [0.2, 0.25) is 0 Å². The Labute approximate surface area is 181 Å². The van der Waals surface area contributed by atoms with Crippen LogP contribution in [-0.4, -0.2) is 43.7 Å². The minimum Gasteiger partial charge on any atom is -0.497 e. The van der Waals surface area contributed by atoms with Gasteiger partial charge < -0.3 is 14.0 Å². The fourth-order valence-corrected chi connectivity index (χ4v) is 3.38. The number of para-hydroxylation sites is 1. The number of nitrogens with zero attached hydrogens (tertiary/aromatic N) is 6. The smallest absolute Gasteiger partial charge is 0.264 e. The second-order valence-corrected chi connectivity index (χ2v) is 6.88. The summed E-state index contributed by atoms with van der Waals surface area (Å²) in [7, 11) is 3.13. The average Bonchev–Trinajstić information content (AvgIpc) is 3.48. The molecule has 0 spiro atoms. The van der Waals surface area contributed by atoms with Crippen LogP contribution in [0.4, 0.5) is 0 Å². The number of hydrogen-bond acceptors (Lipinski definition) is 8. The Bertz CT molecular complexity index is 1450. The monoisotopic (exact) mass is 430 g/mol. The molecule has 0 amide bonds. The summed E-state index contributed by atoms with van der Waals surface area (Å²) in [4.78, 5) is 21.8. The SMILES string of the molecule is COc1ccc(-c2noc(Cn3cnc4c(cnn4-c4ccccc4)c3=O)n2)c(OC)c1. The van der Waals surface area contributed by atoms with E-state index in [2.05, 4.69) is 20.2 Å². The van der Waals surface area contributed by atoms with Crippen molar-refractivity contribution >= 4 is 11.0 Å². The highest BCUT2D eigenvalue weighted by Gasteiger charge is 2.17. The summed E-state index contributed by atoms with van der Waals surface area (Å²) < 4.78 is 19.0. The number of rotatable bonds is 6. The molecule has 0 radical (unpaired) electrons. The molecule has 2 aromatic carbocycles. The number of hydrogen-bond donors (Lipinski definition) is 0. The Morgan fingerprint density at radius 1 is 1.06 bits per heavy atom. The molecule has 0 fully saturated rings. The molecule has 0 saturated carbocycles. The summed E-state index contributed by atoms with van der Waals surface area (Å²) in [5.74, 6) is 1.80. The average molecular weight is 430 g/mol. The first-order valence-corrected chi connectivity index (χ1v) is 9.71. The second-order valence-electron chi connectivity index (χ2n) is 6.88. The normalized spacial score (nSPS) is 11.1. The number of methoxy groups -OCH3 is 2. The van der Waals surface area contributed by atoms with Gasteiger partial charge in [0.15, 0.2) is 5.65 Å². The van der Waals surface area contributed by atoms with Crippen molar-refractivity contribution in [3.63, 3.8) is 0 Å². The van der Waals surface area contributed by atoms with Crippen LogP contribution >= 0.6 is 0 Å². The van der Waals surface area contributed by atoms with E-state index in [1.165, 1.54) is 17.1 Å². The molecular formula is C22H18N6O4. The summed E-state index contributed by atoms with van der Waals surface area (Å²) in [6.07, 6.45) is 2.96. The molecule has 3 aromatic heterocycles. The van der Waals surface area contributed by atoms with E-state index >= 15 is 0 Å². The third-order valence-corrected chi connectivity index (χ3v) is 4.98. The molecule has 5 aromatic rings. The first kappa shape index (κ1) is 19.5. The zero-order valence-electron chi connectivity index (χ0n) is 17.3. The Hall–Kier alpha value is -4.47.